The molecule has 14 heavy (non-hydrogen) atoms. The van der Waals surface area contributed by atoms with Gasteiger partial charge in [-0.2, -0.15) is 0 Å². The van der Waals surface area contributed by atoms with Crippen molar-refractivity contribution in [3.63, 3.8) is 0 Å². The Balaban J connectivity index is 1.84. The normalized spacial score (nSPS) is 36.4. The van der Waals surface area contributed by atoms with Crippen LogP contribution in [0, 0.1) is 0 Å². The molecule has 2 heterocycles. The SMILES string of the molecule is CC(C1CCCCO1)N1CCC1CN. The van der Waals surface area contributed by atoms with Gasteiger partial charge in [-0.15, -0.1) is 0 Å². The first kappa shape index (κ1) is 10.4. The maximum absolute atomic E-state index is 5.81. The highest BCUT2D eigenvalue weighted by Gasteiger charge is 2.35. The van der Waals surface area contributed by atoms with E-state index in [0.717, 1.165) is 13.2 Å². The maximum atomic E-state index is 5.81. The molecule has 3 unspecified atom stereocenters. The Bertz CT molecular complexity index is 176. The standard InChI is InChI=1S/C11H22N2O/c1-9(11-4-2-3-7-14-11)13-6-5-10(13)8-12/h9-11H,2-8,12H2,1H3. The van der Waals surface area contributed by atoms with E-state index in [1.165, 1.54) is 32.2 Å². The molecule has 2 saturated heterocycles. The van der Waals surface area contributed by atoms with Crippen molar-refractivity contribution in [3.8, 4) is 0 Å². The zero-order valence-electron chi connectivity index (χ0n) is 9.11. The third-order valence-electron chi connectivity index (χ3n) is 3.74. The lowest BCUT2D eigenvalue weighted by molar-refractivity contribution is -0.0693. The summed E-state index contributed by atoms with van der Waals surface area (Å²) in [7, 11) is 0. The number of nitrogens with zero attached hydrogens (tertiary/aromatic N) is 1. The van der Waals surface area contributed by atoms with Gasteiger partial charge < -0.3 is 10.5 Å². The average Bonchev–Trinajstić information content (AvgIpc) is 2.18. The summed E-state index contributed by atoms with van der Waals surface area (Å²) in [6, 6.07) is 1.19. The van der Waals surface area contributed by atoms with Gasteiger partial charge in [0.15, 0.2) is 0 Å². The molecule has 0 aromatic heterocycles. The fourth-order valence-electron chi connectivity index (χ4n) is 2.61. The fraction of sp³-hybridized carbons (Fsp3) is 1.00. The minimum atomic E-state index is 0.457. The second-order valence-electron chi connectivity index (χ2n) is 4.56. The number of hydrogen-bond acceptors (Lipinski definition) is 3. The molecule has 0 spiro atoms. The van der Waals surface area contributed by atoms with Gasteiger partial charge in [0, 0.05) is 31.8 Å². The zero-order chi connectivity index (χ0) is 9.97. The monoisotopic (exact) mass is 198 g/mol. The second kappa shape index (κ2) is 4.60. The van der Waals surface area contributed by atoms with E-state index in [1.807, 2.05) is 0 Å². The zero-order valence-corrected chi connectivity index (χ0v) is 9.11. The minimum Gasteiger partial charge on any atom is -0.377 e. The summed E-state index contributed by atoms with van der Waals surface area (Å²) < 4.78 is 5.81. The second-order valence-corrected chi connectivity index (χ2v) is 4.56. The lowest BCUT2D eigenvalue weighted by atomic mass is 9.95. The molecule has 3 heteroatoms. The predicted molar refractivity (Wildman–Crippen MR) is 57.2 cm³/mol. The van der Waals surface area contributed by atoms with Crippen molar-refractivity contribution in [2.45, 2.75) is 50.8 Å². The van der Waals surface area contributed by atoms with Crippen LogP contribution in [0.2, 0.25) is 0 Å². The van der Waals surface area contributed by atoms with Gasteiger partial charge in [0.2, 0.25) is 0 Å². The van der Waals surface area contributed by atoms with E-state index in [-0.39, 0.29) is 0 Å². The van der Waals surface area contributed by atoms with Crippen LogP contribution >= 0.6 is 0 Å². The van der Waals surface area contributed by atoms with Crippen LogP contribution in [0.4, 0.5) is 0 Å². The molecule has 82 valence electrons. The highest BCUT2D eigenvalue weighted by molar-refractivity contribution is 4.90. The van der Waals surface area contributed by atoms with E-state index < -0.39 is 0 Å². The minimum absolute atomic E-state index is 0.457. The Labute approximate surface area is 86.6 Å². The maximum Gasteiger partial charge on any atom is 0.0727 e. The van der Waals surface area contributed by atoms with Gasteiger partial charge in [-0.25, -0.2) is 0 Å². The molecule has 0 aliphatic carbocycles. The molecular formula is C11H22N2O. The van der Waals surface area contributed by atoms with Crippen LogP contribution in [-0.2, 0) is 4.74 Å². The number of likely N-dealkylation sites (tertiary alicyclic amines) is 1. The number of nitrogens with two attached hydrogens (primary N) is 1. The molecule has 2 N–H and O–H groups in total. The van der Waals surface area contributed by atoms with Crippen LogP contribution < -0.4 is 5.73 Å². The summed E-state index contributed by atoms with van der Waals surface area (Å²) in [6.07, 6.45) is 5.53. The highest BCUT2D eigenvalue weighted by atomic mass is 16.5. The molecule has 0 bridgehead atoms. The molecule has 2 aliphatic heterocycles. The largest absolute Gasteiger partial charge is 0.377 e. The van der Waals surface area contributed by atoms with Gasteiger partial charge in [-0.3, -0.25) is 4.90 Å². The van der Waals surface area contributed by atoms with Gasteiger partial charge in [0.1, 0.15) is 0 Å². The summed E-state index contributed by atoms with van der Waals surface area (Å²) in [5, 5.41) is 0. The first-order valence-corrected chi connectivity index (χ1v) is 5.90. The smallest absolute Gasteiger partial charge is 0.0727 e. The first-order valence-electron chi connectivity index (χ1n) is 5.90. The molecule has 2 aliphatic rings. The van der Waals surface area contributed by atoms with Crippen molar-refractivity contribution in [1.82, 2.24) is 4.90 Å². The molecule has 0 saturated carbocycles. The van der Waals surface area contributed by atoms with Crippen LogP contribution in [0.3, 0.4) is 0 Å². The quantitative estimate of drug-likeness (QED) is 0.734. The Morgan fingerprint density at radius 1 is 1.43 bits per heavy atom. The Morgan fingerprint density at radius 3 is 2.79 bits per heavy atom. The van der Waals surface area contributed by atoms with Crippen LogP contribution in [0.15, 0.2) is 0 Å². The van der Waals surface area contributed by atoms with Gasteiger partial charge in [0.25, 0.3) is 0 Å². The number of rotatable bonds is 3. The van der Waals surface area contributed by atoms with E-state index in [4.69, 9.17) is 10.5 Å². The summed E-state index contributed by atoms with van der Waals surface area (Å²) >= 11 is 0. The van der Waals surface area contributed by atoms with Crippen molar-refractivity contribution in [2.75, 3.05) is 19.7 Å². The van der Waals surface area contributed by atoms with Crippen molar-refractivity contribution >= 4 is 0 Å². The molecule has 0 radical (unpaired) electrons. The molecule has 0 aromatic carbocycles. The molecule has 2 rings (SSSR count). The third kappa shape index (κ3) is 1.95. The predicted octanol–water partition coefficient (Wildman–Crippen LogP) is 0.977. The average molecular weight is 198 g/mol. The summed E-state index contributed by atoms with van der Waals surface area (Å²) in [4.78, 5) is 2.51. The molecule has 2 fully saturated rings. The van der Waals surface area contributed by atoms with Crippen LogP contribution in [0.1, 0.15) is 32.6 Å². The Morgan fingerprint density at radius 2 is 2.29 bits per heavy atom. The molecule has 3 nitrogen and oxygen atoms in total. The molecular weight excluding hydrogens is 176 g/mol. The van der Waals surface area contributed by atoms with Crippen LogP contribution in [0.5, 0.6) is 0 Å². The van der Waals surface area contributed by atoms with E-state index >= 15 is 0 Å². The van der Waals surface area contributed by atoms with Crippen LogP contribution in [0.25, 0.3) is 0 Å². The summed E-state index contributed by atoms with van der Waals surface area (Å²) in [6.45, 7) is 5.26. The number of hydrogen-bond donors (Lipinski definition) is 1. The van der Waals surface area contributed by atoms with Crippen LogP contribution in [-0.4, -0.2) is 42.8 Å². The van der Waals surface area contributed by atoms with Gasteiger partial charge >= 0.3 is 0 Å². The summed E-state index contributed by atoms with van der Waals surface area (Å²) in [5.74, 6) is 0. The Kier molecular flexibility index (Phi) is 3.42. The van der Waals surface area contributed by atoms with Crippen molar-refractivity contribution in [2.24, 2.45) is 5.73 Å². The highest BCUT2D eigenvalue weighted by Crippen LogP contribution is 2.26. The fourth-order valence-corrected chi connectivity index (χ4v) is 2.61. The summed E-state index contributed by atoms with van der Waals surface area (Å²) in [5.41, 5.74) is 5.71. The topological polar surface area (TPSA) is 38.5 Å². The third-order valence-corrected chi connectivity index (χ3v) is 3.74. The lowest BCUT2D eigenvalue weighted by Gasteiger charge is -2.47. The lowest BCUT2D eigenvalue weighted by Crippen LogP contribution is -2.59. The van der Waals surface area contributed by atoms with Gasteiger partial charge in [-0.05, 0) is 32.6 Å². The van der Waals surface area contributed by atoms with Crippen molar-refractivity contribution in [3.05, 3.63) is 0 Å². The van der Waals surface area contributed by atoms with Gasteiger partial charge in [-0.1, -0.05) is 0 Å². The first-order chi connectivity index (χ1) is 6.83. The molecule has 0 aromatic rings. The van der Waals surface area contributed by atoms with Crippen molar-refractivity contribution in [1.29, 1.82) is 0 Å². The number of ether oxygens (including phenoxy) is 1. The van der Waals surface area contributed by atoms with E-state index in [1.54, 1.807) is 0 Å². The van der Waals surface area contributed by atoms with Gasteiger partial charge in [0.05, 0.1) is 6.10 Å². The van der Waals surface area contributed by atoms with E-state index in [0.29, 0.717) is 18.2 Å². The molecule has 0 amide bonds. The van der Waals surface area contributed by atoms with Crippen molar-refractivity contribution < 1.29 is 4.74 Å². The van der Waals surface area contributed by atoms with E-state index in [2.05, 4.69) is 11.8 Å². The molecule has 3 atom stereocenters. The van der Waals surface area contributed by atoms with E-state index in [9.17, 15) is 0 Å². The Hall–Kier alpha value is -0.120.